The van der Waals surface area contributed by atoms with Crippen molar-refractivity contribution in [3.8, 4) is 0 Å². The summed E-state index contributed by atoms with van der Waals surface area (Å²) in [7, 11) is 1.73. The van der Waals surface area contributed by atoms with Crippen LogP contribution in [-0.2, 0) is 9.59 Å². The number of amides is 2. The van der Waals surface area contributed by atoms with Crippen LogP contribution in [0.1, 0.15) is 33.6 Å². The van der Waals surface area contributed by atoms with E-state index in [0.29, 0.717) is 31.8 Å². The molecular weight excluding hydrogens is 272 g/mol. The SMILES string of the molecule is CC1CC(C(=O)N2CCN(C)C(=O)C2(C)C)(C(N)=NO)C1. The summed E-state index contributed by atoms with van der Waals surface area (Å²) in [4.78, 5) is 28.5. The highest BCUT2D eigenvalue weighted by Gasteiger charge is 2.57. The molecule has 0 aromatic carbocycles. The standard InChI is InChI=1S/C14H24N4O3/c1-9-7-14(8-9,10(15)16-21)12(20)18-6-5-17(4)11(19)13(18,2)3/h9,21H,5-8H2,1-4H3,(H2,15,16). The van der Waals surface area contributed by atoms with Gasteiger partial charge in [0, 0.05) is 20.1 Å². The molecule has 1 saturated heterocycles. The van der Waals surface area contributed by atoms with E-state index in [0.717, 1.165) is 0 Å². The minimum absolute atomic E-state index is 0.0484. The van der Waals surface area contributed by atoms with Crippen LogP contribution in [0.2, 0.25) is 0 Å². The Morgan fingerprint density at radius 3 is 2.43 bits per heavy atom. The number of amidine groups is 1. The fourth-order valence-electron chi connectivity index (χ4n) is 3.55. The Morgan fingerprint density at radius 2 is 1.95 bits per heavy atom. The molecule has 2 fully saturated rings. The maximum Gasteiger partial charge on any atom is 0.247 e. The predicted octanol–water partition coefficient (Wildman–Crippen LogP) is 0.228. The van der Waals surface area contributed by atoms with Gasteiger partial charge in [-0.1, -0.05) is 12.1 Å². The molecule has 2 rings (SSSR count). The second-order valence-electron chi connectivity index (χ2n) is 6.82. The number of hydrogen-bond acceptors (Lipinski definition) is 4. The van der Waals surface area contributed by atoms with Gasteiger partial charge in [0.25, 0.3) is 0 Å². The van der Waals surface area contributed by atoms with Crippen LogP contribution in [0.3, 0.4) is 0 Å². The summed E-state index contributed by atoms with van der Waals surface area (Å²) in [6, 6.07) is 0. The lowest BCUT2D eigenvalue weighted by atomic mass is 9.60. The van der Waals surface area contributed by atoms with Gasteiger partial charge in [-0.05, 0) is 32.6 Å². The van der Waals surface area contributed by atoms with Crippen LogP contribution in [0.4, 0.5) is 0 Å². The molecule has 3 N–H and O–H groups in total. The lowest BCUT2D eigenvalue weighted by Crippen LogP contribution is -2.68. The monoisotopic (exact) mass is 296 g/mol. The minimum Gasteiger partial charge on any atom is -0.409 e. The van der Waals surface area contributed by atoms with Crippen molar-refractivity contribution in [1.29, 1.82) is 0 Å². The number of carbonyl (C=O) groups excluding carboxylic acids is 2. The van der Waals surface area contributed by atoms with E-state index in [1.54, 1.807) is 30.7 Å². The quantitative estimate of drug-likeness (QED) is 0.330. The van der Waals surface area contributed by atoms with Crippen molar-refractivity contribution in [3.63, 3.8) is 0 Å². The molecule has 0 aromatic heterocycles. The number of likely N-dealkylation sites (N-methyl/N-ethyl adjacent to an activating group) is 1. The lowest BCUT2D eigenvalue weighted by molar-refractivity contribution is -0.164. The zero-order valence-electron chi connectivity index (χ0n) is 13.1. The zero-order valence-corrected chi connectivity index (χ0v) is 13.1. The third-order valence-electron chi connectivity index (χ3n) is 4.85. The molecule has 7 heteroatoms. The second kappa shape index (κ2) is 4.89. The van der Waals surface area contributed by atoms with Crippen molar-refractivity contribution in [2.75, 3.05) is 20.1 Å². The summed E-state index contributed by atoms with van der Waals surface area (Å²) in [5.74, 6) is -0.000199. The van der Waals surface area contributed by atoms with Crippen LogP contribution in [0.5, 0.6) is 0 Å². The molecule has 1 aliphatic heterocycles. The van der Waals surface area contributed by atoms with Crippen LogP contribution < -0.4 is 5.73 Å². The zero-order chi connectivity index (χ0) is 16.0. The number of nitrogens with zero attached hydrogens (tertiary/aromatic N) is 3. The van der Waals surface area contributed by atoms with Crippen molar-refractivity contribution in [1.82, 2.24) is 9.80 Å². The van der Waals surface area contributed by atoms with E-state index in [4.69, 9.17) is 10.9 Å². The van der Waals surface area contributed by atoms with Crippen molar-refractivity contribution in [2.24, 2.45) is 22.2 Å². The summed E-state index contributed by atoms with van der Waals surface area (Å²) in [5.41, 5.74) is 3.92. The molecule has 2 amide bonds. The number of carbonyl (C=O) groups is 2. The first-order valence-corrected chi connectivity index (χ1v) is 7.22. The normalized spacial score (nSPS) is 32.9. The van der Waals surface area contributed by atoms with Gasteiger partial charge in [0.05, 0.1) is 0 Å². The van der Waals surface area contributed by atoms with Gasteiger partial charge in [0.1, 0.15) is 11.0 Å². The molecular formula is C14H24N4O3. The Morgan fingerprint density at radius 1 is 1.38 bits per heavy atom. The largest absolute Gasteiger partial charge is 0.409 e. The number of nitrogens with two attached hydrogens (primary N) is 1. The first kappa shape index (κ1) is 15.6. The Hall–Kier alpha value is -1.79. The summed E-state index contributed by atoms with van der Waals surface area (Å²) in [6.07, 6.45) is 1.11. The highest BCUT2D eigenvalue weighted by atomic mass is 16.4. The van der Waals surface area contributed by atoms with Crippen molar-refractivity contribution < 1.29 is 14.8 Å². The highest BCUT2D eigenvalue weighted by molar-refractivity contribution is 6.09. The molecule has 1 aliphatic carbocycles. The van der Waals surface area contributed by atoms with Gasteiger partial charge in [-0.15, -0.1) is 0 Å². The molecule has 2 aliphatic rings. The first-order valence-electron chi connectivity index (χ1n) is 7.22. The Bertz CT molecular complexity index is 494. The predicted molar refractivity (Wildman–Crippen MR) is 77.7 cm³/mol. The summed E-state index contributed by atoms with van der Waals surface area (Å²) in [6.45, 7) is 6.46. The Balaban J connectivity index is 2.32. The fourth-order valence-corrected chi connectivity index (χ4v) is 3.55. The fraction of sp³-hybridized carbons (Fsp3) is 0.786. The van der Waals surface area contributed by atoms with Crippen LogP contribution >= 0.6 is 0 Å². The van der Waals surface area contributed by atoms with Crippen molar-refractivity contribution in [2.45, 2.75) is 39.2 Å². The van der Waals surface area contributed by atoms with Gasteiger partial charge < -0.3 is 20.7 Å². The van der Waals surface area contributed by atoms with Gasteiger partial charge in [-0.3, -0.25) is 9.59 Å². The molecule has 7 nitrogen and oxygen atoms in total. The minimum atomic E-state index is -0.957. The van der Waals surface area contributed by atoms with Gasteiger partial charge in [0.15, 0.2) is 5.84 Å². The molecule has 0 atom stereocenters. The molecule has 1 saturated carbocycles. The van der Waals surface area contributed by atoms with Crippen LogP contribution in [-0.4, -0.2) is 58.3 Å². The van der Waals surface area contributed by atoms with E-state index in [9.17, 15) is 9.59 Å². The third-order valence-corrected chi connectivity index (χ3v) is 4.85. The number of oxime groups is 1. The van der Waals surface area contributed by atoms with E-state index < -0.39 is 11.0 Å². The highest BCUT2D eigenvalue weighted by Crippen LogP contribution is 2.48. The summed E-state index contributed by atoms with van der Waals surface area (Å²) < 4.78 is 0. The van der Waals surface area contributed by atoms with E-state index in [1.807, 2.05) is 6.92 Å². The maximum absolute atomic E-state index is 13.0. The van der Waals surface area contributed by atoms with E-state index in [2.05, 4.69) is 5.16 Å². The second-order valence-corrected chi connectivity index (χ2v) is 6.82. The number of hydrogen-bond donors (Lipinski definition) is 2. The van der Waals surface area contributed by atoms with Gasteiger partial charge in [-0.2, -0.15) is 0 Å². The summed E-state index contributed by atoms with van der Waals surface area (Å²) in [5, 5.41) is 12.1. The van der Waals surface area contributed by atoms with Crippen LogP contribution in [0, 0.1) is 11.3 Å². The van der Waals surface area contributed by atoms with Crippen molar-refractivity contribution >= 4 is 17.6 Å². The average Bonchev–Trinajstić information content (AvgIpc) is 2.39. The molecule has 0 unspecified atom stereocenters. The Kier molecular flexibility index (Phi) is 3.63. The van der Waals surface area contributed by atoms with Gasteiger partial charge in [0.2, 0.25) is 11.8 Å². The smallest absolute Gasteiger partial charge is 0.247 e. The molecule has 118 valence electrons. The molecule has 1 heterocycles. The van der Waals surface area contributed by atoms with Crippen LogP contribution in [0.15, 0.2) is 5.16 Å². The molecule has 21 heavy (non-hydrogen) atoms. The number of rotatable bonds is 2. The summed E-state index contributed by atoms with van der Waals surface area (Å²) >= 11 is 0. The third kappa shape index (κ3) is 2.15. The Labute approximate surface area is 124 Å². The van der Waals surface area contributed by atoms with Crippen molar-refractivity contribution in [3.05, 3.63) is 0 Å². The van der Waals surface area contributed by atoms with E-state index in [1.165, 1.54) is 0 Å². The van der Waals surface area contributed by atoms with E-state index >= 15 is 0 Å². The molecule has 0 radical (unpaired) electrons. The maximum atomic E-state index is 13.0. The topological polar surface area (TPSA) is 99.2 Å². The molecule has 0 bridgehead atoms. The average molecular weight is 296 g/mol. The first-order chi connectivity index (χ1) is 9.66. The van der Waals surface area contributed by atoms with Gasteiger partial charge in [-0.25, -0.2) is 0 Å². The number of piperazine rings is 1. The van der Waals surface area contributed by atoms with E-state index in [-0.39, 0.29) is 17.6 Å². The van der Waals surface area contributed by atoms with Crippen LogP contribution in [0.25, 0.3) is 0 Å². The molecule has 0 spiro atoms. The molecule has 0 aromatic rings. The lowest BCUT2D eigenvalue weighted by Gasteiger charge is -2.52. The van der Waals surface area contributed by atoms with Gasteiger partial charge >= 0.3 is 0 Å².